The van der Waals surface area contributed by atoms with Gasteiger partial charge in [-0.3, -0.25) is 9.59 Å². The monoisotopic (exact) mass is 410 g/mol. The van der Waals surface area contributed by atoms with Crippen molar-refractivity contribution < 1.29 is 19.1 Å². The molecule has 0 fully saturated rings. The zero-order valence-corrected chi connectivity index (χ0v) is 17.1. The largest absolute Gasteiger partial charge is 0.497 e. The summed E-state index contributed by atoms with van der Waals surface area (Å²) >= 11 is 1.38. The van der Waals surface area contributed by atoms with Crippen molar-refractivity contribution in [1.82, 2.24) is 4.57 Å². The lowest BCUT2D eigenvalue weighted by atomic mass is 10.2. The minimum absolute atomic E-state index is 0.201. The normalized spacial score (nSPS) is 11.9. The van der Waals surface area contributed by atoms with Crippen molar-refractivity contribution >= 4 is 39.5 Å². The minimum Gasteiger partial charge on any atom is -0.497 e. The van der Waals surface area contributed by atoms with Gasteiger partial charge in [0.15, 0.2) is 4.80 Å². The molecule has 0 unspecified atom stereocenters. The second kappa shape index (κ2) is 9.84. The fraction of sp³-hybridized carbons (Fsp3) is 0.227. The molecule has 1 aromatic heterocycles. The quantitative estimate of drug-likeness (QED) is 0.439. The number of amides is 1. The third-order valence-electron chi connectivity index (χ3n) is 4.16. The predicted octanol–water partition coefficient (Wildman–Crippen LogP) is 3.81. The van der Waals surface area contributed by atoms with Crippen molar-refractivity contribution in [3.8, 4) is 5.75 Å². The van der Waals surface area contributed by atoms with Gasteiger partial charge in [-0.25, -0.2) is 0 Å². The average molecular weight is 410 g/mol. The summed E-state index contributed by atoms with van der Waals surface area (Å²) in [6.45, 7) is 2.49. The summed E-state index contributed by atoms with van der Waals surface area (Å²) in [6.07, 6.45) is 3.37. The number of aromatic nitrogens is 1. The minimum atomic E-state index is -0.364. The molecule has 1 amide bonds. The Balaban J connectivity index is 1.94. The van der Waals surface area contributed by atoms with Gasteiger partial charge in [-0.15, -0.1) is 0 Å². The van der Waals surface area contributed by atoms with Crippen LogP contribution in [0.4, 0.5) is 0 Å². The number of esters is 1. The Labute approximate surface area is 172 Å². The lowest BCUT2D eigenvalue weighted by Gasteiger charge is -2.06. The molecule has 6 nitrogen and oxygen atoms in total. The van der Waals surface area contributed by atoms with E-state index >= 15 is 0 Å². The second-order valence-corrected chi connectivity index (χ2v) is 7.13. The molecule has 0 bridgehead atoms. The Hall–Kier alpha value is -3.19. The van der Waals surface area contributed by atoms with Gasteiger partial charge in [-0.1, -0.05) is 41.7 Å². The maximum absolute atomic E-state index is 12.4. The highest BCUT2D eigenvalue weighted by atomic mass is 32.1. The Morgan fingerprint density at radius 1 is 1.17 bits per heavy atom. The molecule has 3 aromatic rings. The number of methoxy groups -OCH3 is 1. The molecule has 0 aliphatic heterocycles. The summed E-state index contributed by atoms with van der Waals surface area (Å²) in [7, 11) is 1.60. The second-order valence-electron chi connectivity index (χ2n) is 6.12. The first-order valence-electron chi connectivity index (χ1n) is 9.25. The number of carbonyl (C=O) groups is 2. The number of rotatable bonds is 7. The molecular formula is C22H22N2O4S. The number of carbonyl (C=O) groups excluding carboxylic acids is 2. The highest BCUT2D eigenvalue weighted by Crippen LogP contribution is 2.23. The van der Waals surface area contributed by atoms with E-state index in [1.54, 1.807) is 20.1 Å². The van der Waals surface area contributed by atoms with Crippen LogP contribution in [0.15, 0.2) is 59.6 Å². The van der Waals surface area contributed by atoms with Crippen molar-refractivity contribution in [3.63, 3.8) is 0 Å². The summed E-state index contributed by atoms with van der Waals surface area (Å²) in [6, 6.07) is 15.2. The van der Waals surface area contributed by atoms with Crippen LogP contribution in [-0.2, 0) is 20.9 Å². The van der Waals surface area contributed by atoms with Crippen LogP contribution in [0.5, 0.6) is 5.75 Å². The van der Waals surface area contributed by atoms with E-state index in [9.17, 15) is 9.59 Å². The Morgan fingerprint density at radius 2 is 1.97 bits per heavy atom. The van der Waals surface area contributed by atoms with Crippen molar-refractivity contribution in [2.75, 3.05) is 13.7 Å². The third-order valence-corrected chi connectivity index (χ3v) is 5.20. The smallest absolute Gasteiger partial charge is 0.307 e. The summed E-state index contributed by atoms with van der Waals surface area (Å²) in [5.74, 6) is 0.0736. The first-order valence-corrected chi connectivity index (χ1v) is 10.1. The zero-order valence-electron chi connectivity index (χ0n) is 16.3. The Bertz CT molecular complexity index is 1100. The number of fused-ring (bicyclic) bond motifs is 1. The van der Waals surface area contributed by atoms with Gasteiger partial charge < -0.3 is 14.0 Å². The SMILES string of the molecule is CCOC(=O)CCn1c(=NC(=O)/C=C/c2ccccc2)sc2cc(OC)ccc21. The van der Waals surface area contributed by atoms with Gasteiger partial charge in [0.25, 0.3) is 5.91 Å². The molecule has 0 saturated heterocycles. The van der Waals surface area contributed by atoms with Crippen LogP contribution in [0.1, 0.15) is 18.9 Å². The van der Waals surface area contributed by atoms with Crippen molar-refractivity contribution in [3.05, 3.63) is 65.0 Å². The van der Waals surface area contributed by atoms with Gasteiger partial charge in [-0.2, -0.15) is 4.99 Å². The fourth-order valence-electron chi connectivity index (χ4n) is 2.78. The number of thiazole rings is 1. The molecule has 0 aliphatic carbocycles. The molecule has 150 valence electrons. The van der Waals surface area contributed by atoms with E-state index in [1.807, 2.05) is 53.1 Å². The maximum Gasteiger partial charge on any atom is 0.307 e. The Kier molecular flexibility index (Phi) is 6.97. The average Bonchev–Trinajstić information content (AvgIpc) is 3.07. The summed E-state index contributed by atoms with van der Waals surface area (Å²) in [5, 5.41) is 0. The molecule has 0 atom stereocenters. The summed E-state index contributed by atoms with van der Waals surface area (Å²) in [5.41, 5.74) is 1.81. The summed E-state index contributed by atoms with van der Waals surface area (Å²) in [4.78, 5) is 29.0. The molecule has 0 radical (unpaired) electrons. The predicted molar refractivity (Wildman–Crippen MR) is 114 cm³/mol. The lowest BCUT2D eigenvalue weighted by Crippen LogP contribution is -2.19. The molecule has 3 rings (SSSR count). The Morgan fingerprint density at radius 3 is 2.69 bits per heavy atom. The molecule has 0 N–H and O–H groups in total. The van der Waals surface area contributed by atoms with E-state index in [2.05, 4.69) is 4.99 Å². The van der Waals surface area contributed by atoms with E-state index in [4.69, 9.17) is 9.47 Å². The van der Waals surface area contributed by atoms with E-state index in [1.165, 1.54) is 17.4 Å². The van der Waals surface area contributed by atoms with Crippen molar-refractivity contribution in [2.45, 2.75) is 19.9 Å². The van der Waals surface area contributed by atoms with Crippen molar-refractivity contribution in [2.24, 2.45) is 4.99 Å². The van der Waals surface area contributed by atoms with E-state index < -0.39 is 0 Å². The van der Waals surface area contributed by atoms with Gasteiger partial charge in [0.2, 0.25) is 0 Å². The van der Waals surface area contributed by atoms with Crippen LogP contribution in [0.3, 0.4) is 0 Å². The van der Waals surface area contributed by atoms with Gasteiger partial charge in [-0.05, 0) is 36.8 Å². The van der Waals surface area contributed by atoms with Gasteiger partial charge in [0.05, 0.1) is 30.4 Å². The number of aryl methyl sites for hydroxylation is 1. The molecule has 2 aromatic carbocycles. The molecule has 1 heterocycles. The first kappa shape index (κ1) is 20.5. The molecular weight excluding hydrogens is 388 g/mol. The number of benzene rings is 2. The van der Waals surface area contributed by atoms with E-state index in [0.29, 0.717) is 18.0 Å². The highest BCUT2D eigenvalue weighted by Gasteiger charge is 2.11. The number of nitrogens with zero attached hydrogens (tertiary/aromatic N) is 2. The summed E-state index contributed by atoms with van der Waals surface area (Å²) < 4.78 is 13.1. The van der Waals surface area contributed by atoms with E-state index in [-0.39, 0.29) is 18.3 Å². The molecule has 0 saturated carbocycles. The maximum atomic E-state index is 12.4. The van der Waals surface area contributed by atoms with Crippen LogP contribution in [0, 0.1) is 0 Å². The third kappa shape index (κ3) is 5.42. The van der Waals surface area contributed by atoms with E-state index in [0.717, 1.165) is 21.5 Å². The highest BCUT2D eigenvalue weighted by molar-refractivity contribution is 7.16. The number of ether oxygens (including phenoxy) is 2. The van der Waals surface area contributed by atoms with Gasteiger partial charge in [0, 0.05) is 12.6 Å². The van der Waals surface area contributed by atoms with Crippen LogP contribution >= 0.6 is 11.3 Å². The molecule has 0 aliphatic rings. The van der Waals surface area contributed by atoms with Gasteiger partial charge >= 0.3 is 5.97 Å². The molecule has 0 spiro atoms. The fourth-order valence-corrected chi connectivity index (χ4v) is 3.87. The topological polar surface area (TPSA) is 69.9 Å². The molecule has 7 heteroatoms. The first-order chi connectivity index (χ1) is 14.1. The standard InChI is InChI=1S/C22H22N2O4S/c1-3-28-21(26)13-14-24-18-11-10-17(27-2)15-19(18)29-22(24)23-20(25)12-9-16-7-5-4-6-8-16/h4-12,15H,3,13-14H2,1-2H3/b12-9+,23-22?. The zero-order chi connectivity index (χ0) is 20.6. The molecule has 29 heavy (non-hydrogen) atoms. The number of hydrogen-bond donors (Lipinski definition) is 0. The van der Waals surface area contributed by atoms with Crippen LogP contribution < -0.4 is 9.54 Å². The number of hydrogen-bond acceptors (Lipinski definition) is 5. The lowest BCUT2D eigenvalue weighted by molar-refractivity contribution is -0.143. The van der Waals surface area contributed by atoms with Crippen molar-refractivity contribution in [1.29, 1.82) is 0 Å². The van der Waals surface area contributed by atoms with Crippen LogP contribution in [-0.4, -0.2) is 30.2 Å². The van der Waals surface area contributed by atoms with Crippen LogP contribution in [0.25, 0.3) is 16.3 Å². The van der Waals surface area contributed by atoms with Crippen LogP contribution in [0.2, 0.25) is 0 Å². The van der Waals surface area contributed by atoms with Gasteiger partial charge in [0.1, 0.15) is 5.75 Å².